The second-order valence-corrected chi connectivity index (χ2v) is 10.2. The Morgan fingerprint density at radius 2 is 1.74 bits per heavy atom. The van der Waals surface area contributed by atoms with Gasteiger partial charge in [-0.15, -0.1) is 0 Å². The van der Waals surface area contributed by atoms with Gasteiger partial charge < -0.3 is 10.1 Å². The fraction of sp³-hybridized carbons (Fsp3) is 0.333. The number of esters is 1. The molecule has 0 unspecified atom stereocenters. The molecule has 4 rings (SSSR count). The largest absolute Gasteiger partial charge is 0.426 e. The number of hydrogen-bond acceptors (Lipinski definition) is 5. The zero-order valence-electron chi connectivity index (χ0n) is 16.4. The average Bonchev–Trinajstić information content (AvgIpc) is 2.73. The third-order valence-corrected chi connectivity index (χ3v) is 8.35. The minimum Gasteiger partial charge on any atom is -0.426 e. The molecule has 2 heterocycles. The van der Waals surface area contributed by atoms with Crippen LogP contribution in [-0.2, 0) is 26.0 Å². The SMILES string of the molecule is O=C1CCc2cc(OC(=O)C3CCN(S(=O)(=O)c4c(Cl)cccc4Cl)CC3)ccc2N1. The number of carbonyl (C=O) groups is 2. The van der Waals surface area contributed by atoms with Crippen LogP contribution in [0.2, 0.25) is 10.0 Å². The lowest BCUT2D eigenvalue weighted by molar-refractivity contribution is -0.140. The van der Waals surface area contributed by atoms with Crippen LogP contribution in [0.3, 0.4) is 0 Å². The molecule has 1 saturated heterocycles. The Balaban J connectivity index is 1.40. The highest BCUT2D eigenvalue weighted by Gasteiger charge is 2.35. The van der Waals surface area contributed by atoms with Crippen molar-refractivity contribution in [3.05, 3.63) is 52.0 Å². The minimum atomic E-state index is -3.86. The van der Waals surface area contributed by atoms with Crippen molar-refractivity contribution in [1.82, 2.24) is 4.31 Å². The molecule has 10 heteroatoms. The zero-order valence-corrected chi connectivity index (χ0v) is 18.8. The number of aryl methyl sites for hydroxylation is 1. The summed E-state index contributed by atoms with van der Waals surface area (Å²) in [7, 11) is -3.86. The number of hydrogen-bond donors (Lipinski definition) is 1. The van der Waals surface area contributed by atoms with Crippen molar-refractivity contribution < 1.29 is 22.7 Å². The van der Waals surface area contributed by atoms with Crippen LogP contribution in [0.5, 0.6) is 5.75 Å². The van der Waals surface area contributed by atoms with Gasteiger partial charge in [0, 0.05) is 25.2 Å². The van der Waals surface area contributed by atoms with Crippen LogP contribution in [0.25, 0.3) is 0 Å². The van der Waals surface area contributed by atoms with Crippen molar-refractivity contribution in [3.63, 3.8) is 0 Å². The second kappa shape index (κ2) is 8.78. The number of ether oxygens (including phenoxy) is 1. The van der Waals surface area contributed by atoms with Crippen LogP contribution >= 0.6 is 23.2 Å². The van der Waals surface area contributed by atoms with Gasteiger partial charge in [-0.3, -0.25) is 9.59 Å². The predicted octanol–water partition coefficient (Wildman–Crippen LogP) is 3.88. The number of sulfonamides is 1. The first-order valence-electron chi connectivity index (χ1n) is 9.84. The first-order chi connectivity index (χ1) is 14.8. The summed E-state index contributed by atoms with van der Waals surface area (Å²) in [4.78, 5) is 24.0. The highest BCUT2D eigenvalue weighted by molar-refractivity contribution is 7.89. The molecular weight excluding hydrogens is 463 g/mol. The summed E-state index contributed by atoms with van der Waals surface area (Å²) in [6.45, 7) is 0.333. The number of anilines is 1. The van der Waals surface area contributed by atoms with Gasteiger partial charge in [0.2, 0.25) is 15.9 Å². The molecule has 1 N–H and O–H groups in total. The maximum atomic E-state index is 13.0. The number of piperidine rings is 1. The third kappa shape index (κ3) is 4.57. The monoisotopic (exact) mass is 482 g/mol. The highest BCUT2D eigenvalue weighted by Crippen LogP contribution is 2.34. The van der Waals surface area contributed by atoms with Crippen LogP contribution in [0.4, 0.5) is 5.69 Å². The number of rotatable bonds is 4. The van der Waals surface area contributed by atoms with E-state index in [9.17, 15) is 18.0 Å². The zero-order chi connectivity index (χ0) is 22.2. The molecule has 1 fully saturated rings. The van der Waals surface area contributed by atoms with E-state index < -0.39 is 21.9 Å². The topological polar surface area (TPSA) is 92.8 Å². The van der Waals surface area contributed by atoms with Gasteiger partial charge in [-0.1, -0.05) is 29.3 Å². The van der Waals surface area contributed by atoms with Crippen molar-refractivity contribution in [2.75, 3.05) is 18.4 Å². The maximum Gasteiger partial charge on any atom is 0.314 e. The van der Waals surface area contributed by atoms with E-state index >= 15 is 0 Å². The first-order valence-corrected chi connectivity index (χ1v) is 12.0. The number of amides is 1. The first kappa shape index (κ1) is 22.1. The van der Waals surface area contributed by atoms with Gasteiger partial charge in [0.05, 0.1) is 16.0 Å². The van der Waals surface area contributed by atoms with E-state index in [1.807, 2.05) is 0 Å². The van der Waals surface area contributed by atoms with Crippen LogP contribution < -0.4 is 10.1 Å². The number of carbonyl (C=O) groups excluding carboxylic acids is 2. The summed E-state index contributed by atoms with van der Waals surface area (Å²) in [5, 5.41) is 2.92. The Morgan fingerprint density at radius 1 is 1.06 bits per heavy atom. The Morgan fingerprint density at radius 3 is 2.42 bits per heavy atom. The van der Waals surface area contributed by atoms with Crippen molar-refractivity contribution in [1.29, 1.82) is 0 Å². The lowest BCUT2D eigenvalue weighted by Gasteiger charge is -2.30. The number of fused-ring (bicyclic) bond motifs is 1. The van der Waals surface area contributed by atoms with Gasteiger partial charge in [0.15, 0.2) is 0 Å². The highest BCUT2D eigenvalue weighted by atomic mass is 35.5. The minimum absolute atomic E-state index is 0.0305. The Kier molecular flexibility index (Phi) is 6.25. The molecule has 2 aromatic rings. The van der Waals surface area contributed by atoms with Gasteiger partial charge in [-0.25, -0.2) is 8.42 Å². The van der Waals surface area contributed by atoms with E-state index in [-0.39, 0.29) is 33.9 Å². The molecule has 0 aliphatic carbocycles. The summed E-state index contributed by atoms with van der Waals surface area (Å²) < 4.78 is 32.8. The number of nitrogens with one attached hydrogen (secondary N) is 1. The number of benzene rings is 2. The molecule has 7 nitrogen and oxygen atoms in total. The van der Waals surface area contributed by atoms with Gasteiger partial charge in [-0.05, 0) is 55.2 Å². The van der Waals surface area contributed by atoms with Crippen LogP contribution in [0.1, 0.15) is 24.8 Å². The van der Waals surface area contributed by atoms with Gasteiger partial charge in [0.1, 0.15) is 10.6 Å². The molecule has 1 amide bonds. The van der Waals surface area contributed by atoms with Gasteiger partial charge in [-0.2, -0.15) is 4.31 Å². The summed E-state index contributed by atoms with van der Waals surface area (Å²) in [5.74, 6) is -0.425. The van der Waals surface area contributed by atoms with E-state index in [2.05, 4.69) is 5.32 Å². The van der Waals surface area contributed by atoms with Crippen molar-refractivity contribution >= 4 is 50.8 Å². The van der Waals surface area contributed by atoms with E-state index in [1.54, 1.807) is 24.3 Å². The molecule has 2 aliphatic rings. The van der Waals surface area contributed by atoms with Gasteiger partial charge in [0.25, 0.3) is 0 Å². The van der Waals surface area contributed by atoms with Crippen molar-refractivity contribution in [2.45, 2.75) is 30.6 Å². The summed E-state index contributed by atoms with van der Waals surface area (Å²) in [5.41, 5.74) is 1.65. The molecule has 31 heavy (non-hydrogen) atoms. The Bertz CT molecular complexity index is 1120. The summed E-state index contributed by atoms with van der Waals surface area (Å²) in [6, 6.07) is 9.66. The molecule has 0 saturated carbocycles. The van der Waals surface area contributed by atoms with E-state index in [0.29, 0.717) is 31.4 Å². The lowest BCUT2D eigenvalue weighted by Crippen LogP contribution is -2.41. The molecule has 0 aromatic heterocycles. The normalized spacial score (nSPS) is 17.7. The number of halogens is 2. The fourth-order valence-corrected chi connectivity index (χ4v) is 6.37. The Labute approximate surface area is 190 Å². The second-order valence-electron chi connectivity index (χ2n) is 7.52. The molecule has 0 radical (unpaired) electrons. The predicted molar refractivity (Wildman–Crippen MR) is 117 cm³/mol. The molecule has 164 valence electrons. The molecule has 0 bridgehead atoms. The average molecular weight is 483 g/mol. The third-order valence-electron chi connectivity index (χ3n) is 5.49. The standard InChI is InChI=1S/C21H20Cl2N2O5S/c22-16-2-1-3-17(23)20(16)31(28,29)25-10-8-13(9-11-25)21(27)30-15-5-6-18-14(12-15)4-7-19(26)24-18/h1-3,5-6,12-13H,4,7-11H2,(H,24,26). The Hall–Kier alpha value is -2.13. The molecule has 0 atom stereocenters. The lowest BCUT2D eigenvalue weighted by atomic mass is 9.98. The van der Waals surface area contributed by atoms with Crippen molar-refractivity contribution in [2.24, 2.45) is 5.92 Å². The summed E-state index contributed by atoms with van der Waals surface area (Å²) >= 11 is 12.1. The summed E-state index contributed by atoms with van der Waals surface area (Å²) in [6.07, 6.45) is 1.66. The van der Waals surface area contributed by atoms with Crippen molar-refractivity contribution in [3.8, 4) is 5.75 Å². The van der Waals surface area contributed by atoms with E-state index in [4.69, 9.17) is 27.9 Å². The van der Waals surface area contributed by atoms with E-state index in [1.165, 1.54) is 16.4 Å². The molecule has 0 spiro atoms. The smallest absolute Gasteiger partial charge is 0.314 e. The molecular formula is C21H20Cl2N2O5S. The maximum absolute atomic E-state index is 13.0. The van der Waals surface area contributed by atoms with Crippen LogP contribution in [-0.4, -0.2) is 37.7 Å². The molecule has 2 aliphatic heterocycles. The molecule has 2 aromatic carbocycles. The van der Waals surface area contributed by atoms with E-state index in [0.717, 1.165) is 11.3 Å². The van der Waals surface area contributed by atoms with Gasteiger partial charge >= 0.3 is 5.97 Å². The van der Waals surface area contributed by atoms with Crippen LogP contribution in [0.15, 0.2) is 41.3 Å². The number of nitrogens with zero attached hydrogens (tertiary/aromatic N) is 1. The van der Waals surface area contributed by atoms with Crippen LogP contribution in [0, 0.1) is 5.92 Å². The fourth-order valence-electron chi connectivity index (χ4n) is 3.81. The quantitative estimate of drug-likeness (QED) is 0.526.